The van der Waals surface area contributed by atoms with E-state index in [0.29, 0.717) is 22.9 Å². The van der Waals surface area contributed by atoms with Crippen LogP contribution in [0.3, 0.4) is 0 Å². The number of rotatable bonds is 6. The number of pyridine rings is 1. The van der Waals surface area contributed by atoms with E-state index >= 15 is 0 Å². The van der Waals surface area contributed by atoms with E-state index in [9.17, 15) is 19.7 Å². The average Bonchev–Trinajstić information content (AvgIpc) is 3.30. The Labute approximate surface area is 219 Å². The van der Waals surface area contributed by atoms with Gasteiger partial charge in [0.15, 0.2) is 6.10 Å². The van der Waals surface area contributed by atoms with Gasteiger partial charge in [0.05, 0.1) is 21.7 Å². The number of amides is 1. The third kappa shape index (κ3) is 4.88. The summed E-state index contributed by atoms with van der Waals surface area (Å²) in [4.78, 5) is 41.9. The molecule has 0 fully saturated rings. The van der Waals surface area contributed by atoms with Crippen LogP contribution in [-0.2, 0) is 16.0 Å². The van der Waals surface area contributed by atoms with Crippen molar-refractivity contribution < 1.29 is 19.2 Å². The molecule has 1 heterocycles. The summed E-state index contributed by atoms with van der Waals surface area (Å²) < 4.78 is 5.60. The minimum atomic E-state index is -1.19. The van der Waals surface area contributed by atoms with Gasteiger partial charge in [-0.2, -0.15) is 0 Å². The minimum Gasteiger partial charge on any atom is -0.449 e. The van der Waals surface area contributed by atoms with E-state index in [0.717, 1.165) is 28.8 Å². The summed E-state index contributed by atoms with van der Waals surface area (Å²) in [5.41, 5.74) is 5.65. The monoisotopic (exact) mass is 507 g/mol. The first-order valence-corrected chi connectivity index (χ1v) is 12.3. The number of fused-ring (bicyclic) bond motifs is 2. The number of ether oxygens (including phenoxy) is 1. The van der Waals surface area contributed by atoms with Crippen LogP contribution in [0.2, 0.25) is 0 Å². The van der Waals surface area contributed by atoms with E-state index in [1.54, 1.807) is 6.07 Å². The topological polar surface area (TPSA) is 111 Å². The molecule has 3 aromatic carbocycles. The maximum atomic E-state index is 13.5. The van der Waals surface area contributed by atoms with Crippen LogP contribution in [0.5, 0.6) is 0 Å². The summed E-state index contributed by atoms with van der Waals surface area (Å²) in [6.45, 7) is 3.48. The molecule has 1 amide bonds. The summed E-state index contributed by atoms with van der Waals surface area (Å²) in [7, 11) is 0. The summed E-state index contributed by atoms with van der Waals surface area (Å²) in [6.07, 6.45) is 2.24. The van der Waals surface area contributed by atoms with Crippen molar-refractivity contribution in [3.8, 4) is 0 Å². The number of anilines is 1. The lowest BCUT2D eigenvalue weighted by atomic mass is 10.0. The predicted octanol–water partition coefficient (Wildman–Crippen LogP) is 6.12. The van der Waals surface area contributed by atoms with Gasteiger partial charge >= 0.3 is 5.97 Å². The van der Waals surface area contributed by atoms with E-state index in [4.69, 9.17) is 9.72 Å². The molecule has 0 saturated carbocycles. The molecule has 0 aliphatic heterocycles. The number of aryl methyl sites for hydroxylation is 1. The van der Waals surface area contributed by atoms with Crippen molar-refractivity contribution in [3.05, 3.63) is 111 Å². The van der Waals surface area contributed by atoms with Gasteiger partial charge in [0.25, 0.3) is 11.6 Å². The fraction of sp³-hybridized carbons (Fsp3) is 0.167. The number of nitrogens with one attached hydrogen (secondary N) is 1. The number of allylic oxidation sites excluding steroid dienone is 1. The number of benzene rings is 3. The van der Waals surface area contributed by atoms with Crippen molar-refractivity contribution in [2.24, 2.45) is 0 Å². The minimum absolute atomic E-state index is 0.0338. The number of nitro benzene ring substituents is 1. The molecule has 1 aromatic heterocycles. The van der Waals surface area contributed by atoms with E-state index in [2.05, 4.69) is 23.5 Å². The number of carbonyl (C=O) groups excluding carboxylic acids is 2. The molecule has 4 aromatic rings. The fourth-order valence-electron chi connectivity index (χ4n) is 4.62. The Kier molecular flexibility index (Phi) is 6.70. The van der Waals surface area contributed by atoms with Gasteiger partial charge in [-0.1, -0.05) is 60.2 Å². The van der Waals surface area contributed by atoms with Crippen LogP contribution >= 0.6 is 0 Å². The first kappa shape index (κ1) is 24.8. The molecule has 1 aliphatic rings. The molecule has 0 spiro atoms. The summed E-state index contributed by atoms with van der Waals surface area (Å²) in [5, 5.41) is 14.4. The van der Waals surface area contributed by atoms with Crippen molar-refractivity contribution in [1.29, 1.82) is 0 Å². The Bertz CT molecular complexity index is 1610. The second-order valence-electron chi connectivity index (χ2n) is 9.22. The standard InChI is InChI=1S/C30H25N3O5/c1-18-11-13-20(14-12-18)17-21-15-16-23-27(22-7-3-4-8-24(22)31-28(21)23)30(35)38-19(2)29(34)32-25-9-5-6-10-26(25)33(36)37/h3-14,17,19H,15-16H2,1-2H3,(H,32,34)/b21-17-/t19-/m0/s1. The highest BCUT2D eigenvalue weighted by atomic mass is 16.6. The van der Waals surface area contributed by atoms with Gasteiger partial charge < -0.3 is 10.1 Å². The molecular formula is C30H25N3O5. The molecule has 8 heteroatoms. The van der Waals surface area contributed by atoms with Gasteiger partial charge in [0.1, 0.15) is 5.69 Å². The molecule has 1 atom stereocenters. The lowest BCUT2D eigenvalue weighted by molar-refractivity contribution is -0.383. The quantitative estimate of drug-likeness (QED) is 0.191. The molecule has 38 heavy (non-hydrogen) atoms. The Morgan fingerprint density at radius 3 is 2.50 bits per heavy atom. The highest BCUT2D eigenvalue weighted by Gasteiger charge is 2.30. The highest BCUT2D eigenvalue weighted by molar-refractivity contribution is 6.08. The number of hydrogen-bond acceptors (Lipinski definition) is 6. The third-order valence-electron chi connectivity index (χ3n) is 6.58. The SMILES string of the molecule is Cc1ccc(/C=C2/CCc3c2nc2ccccc2c3C(=O)O[C@@H](C)C(=O)Nc2ccccc2[N+](=O)[O-])cc1. The van der Waals surface area contributed by atoms with Crippen LogP contribution in [0, 0.1) is 17.0 Å². The highest BCUT2D eigenvalue weighted by Crippen LogP contribution is 2.38. The van der Waals surface area contributed by atoms with Gasteiger partial charge in [-0.3, -0.25) is 14.9 Å². The second kappa shape index (κ2) is 10.3. The van der Waals surface area contributed by atoms with Crippen LogP contribution in [-0.4, -0.2) is 27.9 Å². The van der Waals surface area contributed by atoms with Gasteiger partial charge in [-0.25, -0.2) is 9.78 Å². The maximum Gasteiger partial charge on any atom is 0.339 e. The number of nitro groups is 1. The van der Waals surface area contributed by atoms with Crippen molar-refractivity contribution >= 4 is 45.8 Å². The van der Waals surface area contributed by atoms with Crippen LogP contribution in [0.1, 0.15) is 46.1 Å². The van der Waals surface area contributed by atoms with E-state index in [1.807, 2.05) is 43.3 Å². The average molecular weight is 508 g/mol. The zero-order valence-electron chi connectivity index (χ0n) is 20.9. The Morgan fingerprint density at radius 2 is 1.74 bits per heavy atom. The number of para-hydroxylation sites is 3. The summed E-state index contributed by atoms with van der Waals surface area (Å²) in [5.74, 6) is -1.30. The molecule has 0 bridgehead atoms. The molecule has 8 nitrogen and oxygen atoms in total. The summed E-state index contributed by atoms with van der Waals surface area (Å²) >= 11 is 0. The Hall–Kier alpha value is -4.85. The van der Waals surface area contributed by atoms with E-state index in [1.165, 1.54) is 30.7 Å². The number of nitrogens with zero attached hydrogens (tertiary/aromatic N) is 2. The number of carbonyl (C=O) groups is 2. The van der Waals surface area contributed by atoms with Crippen LogP contribution in [0.4, 0.5) is 11.4 Å². The van der Waals surface area contributed by atoms with Crippen molar-refractivity contribution in [3.63, 3.8) is 0 Å². The van der Waals surface area contributed by atoms with Gasteiger partial charge in [-0.05, 0) is 61.6 Å². The fourth-order valence-corrected chi connectivity index (χ4v) is 4.62. The molecule has 0 saturated heterocycles. The van der Waals surface area contributed by atoms with Crippen molar-refractivity contribution in [2.75, 3.05) is 5.32 Å². The van der Waals surface area contributed by atoms with Crippen LogP contribution < -0.4 is 5.32 Å². The molecule has 190 valence electrons. The van der Waals surface area contributed by atoms with Gasteiger partial charge in [0, 0.05) is 11.5 Å². The first-order valence-electron chi connectivity index (χ1n) is 12.3. The third-order valence-corrected chi connectivity index (χ3v) is 6.58. The van der Waals surface area contributed by atoms with E-state index < -0.39 is 22.9 Å². The van der Waals surface area contributed by atoms with Crippen molar-refractivity contribution in [1.82, 2.24) is 4.98 Å². The number of aromatic nitrogens is 1. The molecule has 0 unspecified atom stereocenters. The number of hydrogen-bond donors (Lipinski definition) is 1. The van der Waals surface area contributed by atoms with Crippen LogP contribution in [0.25, 0.3) is 22.6 Å². The molecular weight excluding hydrogens is 482 g/mol. The normalized spacial score (nSPS) is 14.2. The zero-order valence-corrected chi connectivity index (χ0v) is 20.9. The molecule has 1 aliphatic carbocycles. The summed E-state index contributed by atoms with van der Waals surface area (Å²) in [6, 6.07) is 21.4. The first-order chi connectivity index (χ1) is 18.3. The largest absolute Gasteiger partial charge is 0.449 e. The molecule has 0 radical (unpaired) electrons. The Morgan fingerprint density at radius 1 is 1.03 bits per heavy atom. The van der Waals surface area contributed by atoms with Crippen LogP contribution in [0.15, 0.2) is 72.8 Å². The van der Waals surface area contributed by atoms with E-state index in [-0.39, 0.29) is 11.4 Å². The zero-order chi connectivity index (χ0) is 26.8. The van der Waals surface area contributed by atoms with Gasteiger partial charge in [-0.15, -0.1) is 0 Å². The van der Waals surface area contributed by atoms with Crippen molar-refractivity contribution in [2.45, 2.75) is 32.8 Å². The Balaban J connectivity index is 1.45. The molecule has 1 N–H and O–H groups in total. The lowest BCUT2D eigenvalue weighted by Crippen LogP contribution is -2.30. The number of esters is 1. The lowest BCUT2D eigenvalue weighted by Gasteiger charge is -2.16. The predicted molar refractivity (Wildman–Crippen MR) is 146 cm³/mol. The maximum absolute atomic E-state index is 13.5. The molecule has 5 rings (SSSR count). The smallest absolute Gasteiger partial charge is 0.339 e. The van der Waals surface area contributed by atoms with Gasteiger partial charge in [0.2, 0.25) is 0 Å². The second-order valence-corrected chi connectivity index (χ2v) is 9.22.